The van der Waals surface area contributed by atoms with Crippen LogP contribution in [0.15, 0.2) is 65.8 Å². The Bertz CT molecular complexity index is 1050. The molecule has 1 unspecified atom stereocenters. The number of hydrogen-bond acceptors (Lipinski definition) is 5. The van der Waals surface area contributed by atoms with E-state index in [2.05, 4.69) is 21.9 Å². The van der Waals surface area contributed by atoms with Crippen molar-refractivity contribution < 1.29 is 14.3 Å². The molecule has 3 rings (SSSR count). The summed E-state index contributed by atoms with van der Waals surface area (Å²) >= 11 is 0. The summed E-state index contributed by atoms with van der Waals surface area (Å²) in [6, 6.07) is 19.1. The number of carbonyl (C=O) groups is 1. The minimum absolute atomic E-state index is 0.231. The minimum atomic E-state index is -0.453. The van der Waals surface area contributed by atoms with Crippen molar-refractivity contribution in [2.75, 3.05) is 19.5 Å². The number of ether oxygens (including phenoxy) is 2. The molecule has 0 saturated carbocycles. The molecule has 0 heterocycles. The van der Waals surface area contributed by atoms with Gasteiger partial charge in [0.15, 0.2) is 0 Å². The Labute approximate surface area is 170 Å². The third-order valence-corrected chi connectivity index (χ3v) is 4.66. The number of carbonyl (C=O) groups excluding carboxylic acids is 1. The number of nitrogens with one attached hydrogen (secondary N) is 2. The third-order valence-electron chi connectivity index (χ3n) is 4.66. The molecule has 3 aromatic rings. The lowest BCUT2D eigenvalue weighted by atomic mass is 10.1. The van der Waals surface area contributed by atoms with Gasteiger partial charge in [-0.3, -0.25) is 4.79 Å². The van der Waals surface area contributed by atoms with Crippen molar-refractivity contribution in [2.45, 2.75) is 19.9 Å². The van der Waals surface area contributed by atoms with Crippen molar-refractivity contribution >= 4 is 28.1 Å². The number of nitrogens with zero attached hydrogens (tertiary/aromatic N) is 1. The molecule has 150 valence electrons. The maximum Gasteiger partial charge on any atom is 0.262 e. The Morgan fingerprint density at radius 3 is 2.45 bits per heavy atom. The number of benzene rings is 3. The average molecular weight is 391 g/mol. The maximum absolute atomic E-state index is 12.5. The lowest BCUT2D eigenvalue weighted by molar-refractivity contribution is -0.121. The number of amides is 1. The van der Waals surface area contributed by atoms with Gasteiger partial charge in [-0.25, -0.2) is 5.43 Å². The van der Waals surface area contributed by atoms with E-state index < -0.39 is 6.04 Å². The van der Waals surface area contributed by atoms with Crippen LogP contribution in [0.5, 0.6) is 11.5 Å². The molecule has 0 fully saturated rings. The van der Waals surface area contributed by atoms with Gasteiger partial charge in [0.05, 0.1) is 19.9 Å². The summed E-state index contributed by atoms with van der Waals surface area (Å²) in [5, 5.41) is 9.71. The van der Waals surface area contributed by atoms with E-state index in [4.69, 9.17) is 9.47 Å². The molecule has 29 heavy (non-hydrogen) atoms. The zero-order valence-corrected chi connectivity index (χ0v) is 17.0. The molecule has 3 aromatic carbocycles. The van der Waals surface area contributed by atoms with Gasteiger partial charge in [0.25, 0.3) is 5.91 Å². The maximum atomic E-state index is 12.5. The number of anilines is 1. The zero-order chi connectivity index (χ0) is 20.8. The monoisotopic (exact) mass is 391 g/mol. The average Bonchev–Trinajstić information content (AvgIpc) is 2.76. The Hall–Kier alpha value is -3.54. The summed E-state index contributed by atoms with van der Waals surface area (Å²) in [5.74, 6) is 1.09. The number of hydrazone groups is 1. The van der Waals surface area contributed by atoms with Crippen molar-refractivity contribution in [3.05, 3.63) is 66.2 Å². The summed E-state index contributed by atoms with van der Waals surface area (Å²) in [7, 11) is 3.18. The van der Waals surface area contributed by atoms with Crippen LogP contribution in [0, 0.1) is 0 Å². The second-order valence-electron chi connectivity index (χ2n) is 6.67. The highest BCUT2D eigenvalue weighted by Crippen LogP contribution is 2.25. The first-order chi connectivity index (χ1) is 14.0. The molecule has 0 aliphatic carbocycles. The van der Waals surface area contributed by atoms with Gasteiger partial charge in [-0.15, -0.1) is 0 Å². The van der Waals surface area contributed by atoms with E-state index in [9.17, 15) is 4.79 Å². The highest BCUT2D eigenvalue weighted by molar-refractivity contribution is 6.02. The number of methoxy groups -OCH3 is 2. The van der Waals surface area contributed by atoms with E-state index in [0.717, 1.165) is 22.0 Å². The second kappa shape index (κ2) is 9.10. The highest BCUT2D eigenvalue weighted by Gasteiger charge is 2.13. The molecule has 0 aromatic heterocycles. The zero-order valence-electron chi connectivity index (χ0n) is 17.0. The van der Waals surface area contributed by atoms with E-state index >= 15 is 0 Å². The topological polar surface area (TPSA) is 72.0 Å². The van der Waals surface area contributed by atoms with Gasteiger partial charge >= 0.3 is 0 Å². The van der Waals surface area contributed by atoms with Gasteiger partial charge in [-0.1, -0.05) is 30.3 Å². The fourth-order valence-electron chi connectivity index (χ4n) is 2.99. The smallest absolute Gasteiger partial charge is 0.262 e. The lowest BCUT2D eigenvalue weighted by Gasteiger charge is -2.15. The standard InChI is InChI=1S/C23H25N3O3/c1-15(21-12-11-20(28-3)14-22(21)29-4)25-26-23(27)16(2)24-19-10-9-17-7-5-6-8-18(17)13-19/h5-14,16,24H,1-4H3,(H,26,27). The highest BCUT2D eigenvalue weighted by atomic mass is 16.5. The van der Waals surface area contributed by atoms with Gasteiger partial charge < -0.3 is 14.8 Å². The normalized spacial score (nSPS) is 12.3. The molecule has 0 aliphatic heterocycles. The van der Waals surface area contributed by atoms with Crippen molar-refractivity contribution in [2.24, 2.45) is 5.10 Å². The van der Waals surface area contributed by atoms with Gasteiger partial charge in [0.2, 0.25) is 0 Å². The first-order valence-electron chi connectivity index (χ1n) is 9.33. The summed E-state index contributed by atoms with van der Waals surface area (Å²) in [6.07, 6.45) is 0. The lowest BCUT2D eigenvalue weighted by Crippen LogP contribution is -2.35. The van der Waals surface area contributed by atoms with Crippen LogP contribution in [0.4, 0.5) is 5.69 Å². The van der Waals surface area contributed by atoms with Crippen LogP contribution in [0.1, 0.15) is 19.4 Å². The van der Waals surface area contributed by atoms with Crippen molar-refractivity contribution in [3.8, 4) is 11.5 Å². The van der Waals surface area contributed by atoms with E-state index in [1.165, 1.54) is 0 Å². The molecule has 6 heteroatoms. The largest absolute Gasteiger partial charge is 0.497 e. The molecule has 0 radical (unpaired) electrons. The van der Waals surface area contributed by atoms with Crippen molar-refractivity contribution in [1.82, 2.24) is 5.43 Å². The molecule has 0 bridgehead atoms. The van der Waals surface area contributed by atoms with Gasteiger partial charge in [-0.05, 0) is 48.9 Å². The van der Waals surface area contributed by atoms with Crippen LogP contribution < -0.4 is 20.2 Å². The predicted molar refractivity (Wildman–Crippen MR) is 117 cm³/mol. The SMILES string of the molecule is COc1ccc(C(C)=NNC(=O)C(C)Nc2ccc3ccccc3c2)c(OC)c1. The molecule has 0 spiro atoms. The molecular weight excluding hydrogens is 366 g/mol. The Balaban J connectivity index is 1.67. The van der Waals surface area contributed by atoms with Gasteiger partial charge in [0.1, 0.15) is 17.5 Å². The number of fused-ring (bicyclic) bond motifs is 1. The van der Waals surface area contributed by atoms with Crippen LogP contribution >= 0.6 is 0 Å². The minimum Gasteiger partial charge on any atom is -0.497 e. The second-order valence-corrected chi connectivity index (χ2v) is 6.67. The fourth-order valence-corrected chi connectivity index (χ4v) is 2.99. The number of rotatable bonds is 7. The molecular formula is C23H25N3O3. The van der Waals surface area contributed by atoms with Crippen LogP contribution in [0.3, 0.4) is 0 Å². The van der Waals surface area contributed by atoms with Crippen LogP contribution in [0.25, 0.3) is 10.8 Å². The van der Waals surface area contributed by atoms with Gasteiger partial charge in [-0.2, -0.15) is 5.10 Å². The first kappa shape index (κ1) is 20.2. The fraction of sp³-hybridized carbons (Fsp3) is 0.217. The summed E-state index contributed by atoms with van der Waals surface area (Å²) < 4.78 is 10.6. The van der Waals surface area contributed by atoms with Crippen molar-refractivity contribution in [1.29, 1.82) is 0 Å². The Kier molecular flexibility index (Phi) is 6.34. The Morgan fingerprint density at radius 2 is 1.72 bits per heavy atom. The Morgan fingerprint density at radius 1 is 0.966 bits per heavy atom. The van der Waals surface area contributed by atoms with Crippen molar-refractivity contribution in [3.63, 3.8) is 0 Å². The predicted octanol–water partition coefficient (Wildman–Crippen LogP) is 4.20. The summed E-state index contributed by atoms with van der Waals surface area (Å²) in [4.78, 5) is 12.5. The molecule has 2 N–H and O–H groups in total. The molecule has 1 atom stereocenters. The van der Waals surface area contributed by atoms with Crippen LogP contribution in [0.2, 0.25) is 0 Å². The number of hydrogen-bond donors (Lipinski definition) is 2. The van der Waals surface area contributed by atoms with Crippen LogP contribution in [-0.4, -0.2) is 31.9 Å². The third kappa shape index (κ3) is 4.85. The first-order valence-corrected chi connectivity index (χ1v) is 9.33. The van der Waals surface area contributed by atoms with E-state index in [1.807, 2.05) is 55.5 Å². The molecule has 6 nitrogen and oxygen atoms in total. The van der Waals surface area contributed by atoms with E-state index in [0.29, 0.717) is 17.2 Å². The van der Waals surface area contributed by atoms with Crippen LogP contribution in [-0.2, 0) is 4.79 Å². The molecule has 0 aliphatic rings. The molecule has 0 saturated heterocycles. The van der Waals surface area contributed by atoms with E-state index in [1.54, 1.807) is 27.2 Å². The molecule has 1 amide bonds. The quantitative estimate of drug-likeness (QED) is 0.468. The van der Waals surface area contributed by atoms with Gasteiger partial charge in [0, 0.05) is 17.3 Å². The van der Waals surface area contributed by atoms with E-state index in [-0.39, 0.29) is 5.91 Å². The summed E-state index contributed by atoms with van der Waals surface area (Å²) in [5.41, 5.74) is 4.91. The summed E-state index contributed by atoms with van der Waals surface area (Å²) in [6.45, 7) is 3.61.